The molecule has 0 atom stereocenters. The maximum atomic E-state index is 11.6. The molecule has 0 aliphatic carbocycles. The molecule has 0 bridgehead atoms. The Bertz CT molecular complexity index is 738. The molecule has 0 radical (unpaired) electrons. The molecule has 2 aromatic carbocycles. The molecule has 0 aliphatic heterocycles. The number of halogens is 1. The van der Waals surface area contributed by atoms with E-state index in [0.717, 1.165) is 14.8 Å². The number of allylic oxidation sites excluding steroid dienone is 1. The standard InChI is InChI=1S/C19H20IN3O2/c1-23(2)17-9-5-15(6-10-17)4-3-13-21-22-19(24)14-25-18-11-7-16(20)8-12-18/h3-13H,14H2,1-2H3,(H,22,24). The molecular weight excluding hydrogens is 429 g/mol. The lowest BCUT2D eigenvalue weighted by Gasteiger charge is -2.11. The van der Waals surface area contributed by atoms with Crippen molar-refractivity contribution in [3.8, 4) is 5.75 Å². The molecule has 130 valence electrons. The first-order valence-electron chi connectivity index (χ1n) is 7.69. The van der Waals surface area contributed by atoms with E-state index in [1.54, 1.807) is 6.08 Å². The van der Waals surface area contributed by atoms with E-state index in [9.17, 15) is 4.79 Å². The summed E-state index contributed by atoms with van der Waals surface area (Å²) in [5, 5.41) is 3.86. The molecule has 0 aliphatic rings. The molecule has 0 saturated carbocycles. The lowest BCUT2D eigenvalue weighted by atomic mass is 10.2. The highest BCUT2D eigenvalue weighted by atomic mass is 127. The van der Waals surface area contributed by atoms with Gasteiger partial charge in [0.15, 0.2) is 6.61 Å². The van der Waals surface area contributed by atoms with Crippen molar-refractivity contribution in [3.05, 3.63) is 63.7 Å². The van der Waals surface area contributed by atoms with E-state index in [1.165, 1.54) is 6.21 Å². The highest BCUT2D eigenvalue weighted by molar-refractivity contribution is 14.1. The summed E-state index contributed by atoms with van der Waals surface area (Å²) in [6.45, 7) is -0.0757. The summed E-state index contributed by atoms with van der Waals surface area (Å²) in [5.74, 6) is 0.346. The van der Waals surface area contributed by atoms with E-state index in [4.69, 9.17) is 4.74 Å². The minimum absolute atomic E-state index is 0.0757. The summed E-state index contributed by atoms with van der Waals surface area (Å²) >= 11 is 2.21. The highest BCUT2D eigenvalue weighted by Gasteiger charge is 2.00. The second kappa shape index (κ2) is 9.83. The largest absolute Gasteiger partial charge is 0.484 e. The van der Waals surface area contributed by atoms with E-state index in [2.05, 4.69) is 33.1 Å². The summed E-state index contributed by atoms with van der Waals surface area (Å²) in [5.41, 5.74) is 4.63. The number of benzene rings is 2. The first-order valence-corrected chi connectivity index (χ1v) is 8.77. The van der Waals surface area contributed by atoms with E-state index < -0.39 is 0 Å². The number of hydrogen-bond acceptors (Lipinski definition) is 4. The molecule has 2 aromatic rings. The zero-order chi connectivity index (χ0) is 18.1. The van der Waals surface area contributed by atoms with Crippen LogP contribution >= 0.6 is 22.6 Å². The average Bonchev–Trinajstić information content (AvgIpc) is 2.61. The minimum Gasteiger partial charge on any atom is -0.484 e. The van der Waals surface area contributed by atoms with Gasteiger partial charge in [0.2, 0.25) is 0 Å². The first kappa shape index (κ1) is 19.0. The molecule has 0 aromatic heterocycles. The fourth-order valence-corrected chi connectivity index (χ4v) is 2.26. The monoisotopic (exact) mass is 449 g/mol. The number of rotatable bonds is 7. The van der Waals surface area contributed by atoms with Crippen molar-refractivity contribution in [2.75, 3.05) is 25.6 Å². The van der Waals surface area contributed by atoms with E-state index in [1.807, 2.05) is 73.6 Å². The van der Waals surface area contributed by atoms with Crippen LogP contribution < -0.4 is 15.1 Å². The van der Waals surface area contributed by atoms with Crippen molar-refractivity contribution in [1.82, 2.24) is 5.43 Å². The molecule has 0 saturated heterocycles. The topological polar surface area (TPSA) is 53.9 Å². The van der Waals surface area contributed by atoms with Crippen LogP contribution in [-0.4, -0.2) is 32.8 Å². The number of ether oxygens (including phenoxy) is 1. The van der Waals surface area contributed by atoms with Gasteiger partial charge < -0.3 is 9.64 Å². The van der Waals surface area contributed by atoms with Gasteiger partial charge in [-0.05, 0) is 70.6 Å². The van der Waals surface area contributed by atoms with Gasteiger partial charge in [0, 0.05) is 29.6 Å². The van der Waals surface area contributed by atoms with Gasteiger partial charge in [0.25, 0.3) is 5.91 Å². The van der Waals surface area contributed by atoms with Crippen LogP contribution in [0.15, 0.2) is 59.7 Å². The molecule has 5 nitrogen and oxygen atoms in total. The van der Waals surface area contributed by atoms with Crippen LogP contribution in [0, 0.1) is 3.57 Å². The predicted molar refractivity (Wildman–Crippen MR) is 111 cm³/mol. The quantitative estimate of drug-likeness (QED) is 0.400. The van der Waals surface area contributed by atoms with Crippen LogP contribution in [0.4, 0.5) is 5.69 Å². The second-order valence-corrected chi connectivity index (χ2v) is 6.65. The van der Waals surface area contributed by atoms with Crippen LogP contribution in [0.25, 0.3) is 6.08 Å². The van der Waals surface area contributed by atoms with Gasteiger partial charge in [-0.2, -0.15) is 5.10 Å². The van der Waals surface area contributed by atoms with Gasteiger partial charge in [-0.25, -0.2) is 5.43 Å². The smallest absolute Gasteiger partial charge is 0.277 e. The molecule has 2 rings (SSSR count). The zero-order valence-electron chi connectivity index (χ0n) is 14.1. The molecule has 0 unspecified atom stereocenters. The Kier molecular flexibility index (Phi) is 7.46. The van der Waals surface area contributed by atoms with Crippen LogP contribution in [0.1, 0.15) is 5.56 Å². The normalized spacial score (nSPS) is 11.0. The third-order valence-corrected chi connectivity index (χ3v) is 3.95. The van der Waals surface area contributed by atoms with E-state index in [0.29, 0.717) is 5.75 Å². The third-order valence-electron chi connectivity index (χ3n) is 3.23. The third kappa shape index (κ3) is 6.96. The van der Waals surface area contributed by atoms with Gasteiger partial charge in [0.1, 0.15) is 5.75 Å². The Labute approximate surface area is 161 Å². The molecular formula is C19H20IN3O2. The summed E-state index contributed by atoms with van der Waals surface area (Å²) < 4.78 is 6.48. The molecule has 25 heavy (non-hydrogen) atoms. The number of anilines is 1. The number of carbonyl (C=O) groups is 1. The van der Waals surface area contributed by atoms with Crippen LogP contribution in [0.5, 0.6) is 5.75 Å². The van der Waals surface area contributed by atoms with Crippen molar-refractivity contribution in [2.45, 2.75) is 0 Å². The number of amides is 1. The molecule has 6 heteroatoms. The highest BCUT2D eigenvalue weighted by Crippen LogP contribution is 2.13. The van der Waals surface area contributed by atoms with Gasteiger partial charge >= 0.3 is 0 Å². The SMILES string of the molecule is CN(C)c1ccc(C=CC=NNC(=O)COc2ccc(I)cc2)cc1. The number of hydrazone groups is 1. The lowest BCUT2D eigenvalue weighted by molar-refractivity contribution is -0.123. The van der Waals surface area contributed by atoms with E-state index >= 15 is 0 Å². The number of nitrogens with zero attached hydrogens (tertiary/aromatic N) is 2. The van der Waals surface area contributed by atoms with Gasteiger partial charge in [0.05, 0.1) is 0 Å². The Morgan fingerprint density at radius 1 is 1.16 bits per heavy atom. The Hall–Kier alpha value is -2.35. The van der Waals surface area contributed by atoms with Gasteiger partial charge in [-0.15, -0.1) is 0 Å². The second-order valence-electron chi connectivity index (χ2n) is 5.40. The van der Waals surface area contributed by atoms with Crippen molar-refractivity contribution in [2.24, 2.45) is 5.10 Å². The summed E-state index contributed by atoms with van der Waals surface area (Å²) in [7, 11) is 4.00. The molecule has 1 N–H and O–H groups in total. The molecule has 0 spiro atoms. The zero-order valence-corrected chi connectivity index (χ0v) is 16.3. The van der Waals surface area contributed by atoms with Crippen LogP contribution in [0.2, 0.25) is 0 Å². The Morgan fingerprint density at radius 3 is 2.48 bits per heavy atom. The first-order chi connectivity index (χ1) is 12.0. The Balaban J connectivity index is 1.72. The van der Waals surface area contributed by atoms with Crippen molar-refractivity contribution in [3.63, 3.8) is 0 Å². The van der Waals surface area contributed by atoms with Crippen molar-refractivity contribution >= 4 is 46.5 Å². The number of hydrogen-bond donors (Lipinski definition) is 1. The van der Waals surface area contributed by atoms with Gasteiger partial charge in [-0.1, -0.05) is 18.2 Å². The molecule has 0 fully saturated rings. The fraction of sp³-hybridized carbons (Fsp3) is 0.158. The van der Waals surface area contributed by atoms with Crippen molar-refractivity contribution < 1.29 is 9.53 Å². The number of nitrogens with one attached hydrogen (secondary N) is 1. The maximum Gasteiger partial charge on any atom is 0.277 e. The van der Waals surface area contributed by atoms with Crippen LogP contribution in [-0.2, 0) is 4.79 Å². The van der Waals surface area contributed by atoms with Crippen LogP contribution in [0.3, 0.4) is 0 Å². The fourth-order valence-electron chi connectivity index (χ4n) is 1.90. The Morgan fingerprint density at radius 2 is 1.84 bits per heavy atom. The maximum absolute atomic E-state index is 11.6. The minimum atomic E-state index is -0.307. The molecule has 1 amide bonds. The predicted octanol–water partition coefficient (Wildman–Crippen LogP) is 3.55. The lowest BCUT2D eigenvalue weighted by Crippen LogP contribution is -2.24. The van der Waals surface area contributed by atoms with Gasteiger partial charge in [-0.3, -0.25) is 4.79 Å². The summed E-state index contributed by atoms with van der Waals surface area (Å²) in [6.07, 6.45) is 5.21. The average molecular weight is 449 g/mol. The number of carbonyl (C=O) groups excluding carboxylic acids is 1. The van der Waals surface area contributed by atoms with Crippen molar-refractivity contribution in [1.29, 1.82) is 0 Å². The molecule has 0 heterocycles. The summed E-state index contributed by atoms with van der Waals surface area (Å²) in [6, 6.07) is 15.6. The van der Waals surface area contributed by atoms with E-state index in [-0.39, 0.29) is 12.5 Å². The summed E-state index contributed by atoms with van der Waals surface area (Å²) in [4.78, 5) is 13.7.